The first-order chi connectivity index (χ1) is 7.24. The summed E-state index contributed by atoms with van der Waals surface area (Å²) < 4.78 is 0. The molecule has 1 N–H and O–H groups in total. The maximum Gasteiger partial charge on any atom is 0.0453 e. The number of likely N-dealkylation sites (N-methyl/N-ethyl adjacent to an activating group) is 1. The van der Waals surface area contributed by atoms with Crippen LogP contribution in [0.2, 0.25) is 6.04 Å². The summed E-state index contributed by atoms with van der Waals surface area (Å²) in [5, 5.41) is 3.51. The monoisotopic (exact) mass is 226 g/mol. The normalized spacial score (nSPS) is 23.5. The Labute approximate surface area is 96.9 Å². The molecule has 15 heavy (non-hydrogen) atoms. The summed E-state index contributed by atoms with van der Waals surface area (Å²) in [4.78, 5) is 2.63. The number of nitrogens with one attached hydrogen (secondary N) is 1. The fourth-order valence-corrected chi connectivity index (χ4v) is 3.74. The Bertz CT molecular complexity index is 200. The molecule has 1 atom stereocenters. The predicted molar refractivity (Wildman–Crippen MR) is 71.3 cm³/mol. The van der Waals surface area contributed by atoms with Crippen molar-refractivity contribution in [1.82, 2.24) is 10.2 Å². The van der Waals surface area contributed by atoms with Gasteiger partial charge in [0.2, 0.25) is 0 Å². The highest BCUT2D eigenvalue weighted by molar-refractivity contribution is 6.42. The maximum atomic E-state index is 3.51. The number of hydrogen-bond acceptors (Lipinski definition) is 2. The van der Waals surface area contributed by atoms with Crippen LogP contribution in [0.1, 0.15) is 27.2 Å². The average Bonchev–Trinajstić information content (AvgIpc) is 2.24. The first-order valence-electron chi connectivity index (χ1n) is 6.32. The fourth-order valence-electron chi connectivity index (χ4n) is 2.25. The second-order valence-electron chi connectivity index (χ2n) is 4.70. The van der Waals surface area contributed by atoms with E-state index in [1.54, 1.807) is 0 Å². The minimum Gasteiger partial charge on any atom is -0.314 e. The van der Waals surface area contributed by atoms with Crippen LogP contribution in [0.25, 0.3) is 0 Å². The molecule has 0 aliphatic carbocycles. The molecule has 0 amide bonds. The summed E-state index contributed by atoms with van der Waals surface area (Å²) in [5.41, 5.74) is 4.00. The van der Waals surface area contributed by atoms with E-state index in [4.69, 9.17) is 0 Å². The third-order valence-corrected chi connectivity index (χ3v) is 5.09. The molecular weight excluding hydrogens is 200 g/mol. The van der Waals surface area contributed by atoms with Crippen molar-refractivity contribution in [3.8, 4) is 0 Å². The van der Waals surface area contributed by atoms with Crippen molar-refractivity contribution < 1.29 is 0 Å². The van der Waals surface area contributed by atoms with Crippen LogP contribution in [0.5, 0.6) is 0 Å². The van der Waals surface area contributed by atoms with Crippen LogP contribution in [0, 0.1) is 0 Å². The fraction of sp³-hybridized carbons (Fsp3) is 0.833. The van der Waals surface area contributed by atoms with Crippen molar-refractivity contribution in [2.24, 2.45) is 0 Å². The number of allylic oxidation sites excluding steroid dienone is 1. The second kappa shape index (κ2) is 7.20. The molecular formula is C12H26N2Si. The molecule has 0 spiro atoms. The van der Waals surface area contributed by atoms with E-state index in [0.717, 1.165) is 6.04 Å². The third-order valence-electron chi connectivity index (χ3n) is 3.17. The molecule has 1 aliphatic rings. The van der Waals surface area contributed by atoms with E-state index in [2.05, 4.69) is 36.7 Å². The van der Waals surface area contributed by atoms with Crippen LogP contribution in [0.3, 0.4) is 0 Å². The largest absolute Gasteiger partial charge is 0.314 e. The Kier molecular flexibility index (Phi) is 6.21. The summed E-state index contributed by atoms with van der Waals surface area (Å²) >= 11 is 0. The summed E-state index contributed by atoms with van der Waals surface area (Å²) in [6, 6.07) is 2.27. The highest BCUT2D eigenvalue weighted by atomic mass is 28.2. The zero-order valence-electron chi connectivity index (χ0n) is 10.6. The Hall–Kier alpha value is -0.123. The van der Waals surface area contributed by atoms with E-state index in [0.29, 0.717) is 0 Å². The van der Waals surface area contributed by atoms with Crippen LogP contribution in [0.4, 0.5) is 0 Å². The molecule has 0 aromatic rings. The van der Waals surface area contributed by atoms with E-state index in [1.807, 2.05) is 0 Å². The van der Waals surface area contributed by atoms with Crippen molar-refractivity contribution >= 4 is 9.52 Å². The highest BCUT2D eigenvalue weighted by Crippen LogP contribution is 2.09. The first kappa shape index (κ1) is 12.9. The van der Waals surface area contributed by atoms with Gasteiger partial charge in [0.1, 0.15) is 0 Å². The van der Waals surface area contributed by atoms with Gasteiger partial charge in [-0.25, -0.2) is 0 Å². The molecule has 2 nitrogen and oxygen atoms in total. The zero-order chi connectivity index (χ0) is 11.1. The molecule has 1 heterocycles. The van der Waals surface area contributed by atoms with Crippen LogP contribution in [-0.4, -0.2) is 46.6 Å². The lowest BCUT2D eigenvalue weighted by Crippen LogP contribution is -2.50. The average molecular weight is 226 g/mol. The lowest BCUT2D eigenvalue weighted by molar-refractivity contribution is 0.165. The molecule has 0 radical (unpaired) electrons. The molecule has 1 unspecified atom stereocenters. The smallest absolute Gasteiger partial charge is 0.0453 e. The zero-order valence-corrected chi connectivity index (χ0v) is 12.0. The van der Waals surface area contributed by atoms with E-state index in [9.17, 15) is 0 Å². The van der Waals surface area contributed by atoms with Crippen LogP contribution in [0.15, 0.2) is 11.3 Å². The van der Waals surface area contributed by atoms with Crippen LogP contribution in [-0.2, 0) is 0 Å². The lowest BCUT2D eigenvalue weighted by Gasteiger charge is -2.35. The molecule has 1 aliphatic heterocycles. The molecule has 3 heteroatoms. The van der Waals surface area contributed by atoms with Gasteiger partial charge in [-0.05, 0) is 26.8 Å². The van der Waals surface area contributed by atoms with Gasteiger partial charge in [-0.2, -0.15) is 0 Å². The Balaban J connectivity index is 2.20. The van der Waals surface area contributed by atoms with Gasteiger partial charge in [0, 0.05) is 35.2 Å². The summed E-state index contributed by atoms with van der Waals surface area (Å²) in [5.74, 6) is 0. The van der Waals surface area contributed by atoms with Crippen molar-refractivity contribution in [2.75, 3.05) is 26.2 Å². The molecule has 0 bridgehead atoms. The van der Waals surface area contributed by atoms with Crippen molar-refractivity contribution in [3.63, 3.8) is 0 Å². The lowest BCUT2D eigenvalue weighted by atomic mass is 10.1. The molecule has 1 fully saturated rings. The van der Waals surface area contributed by atoms with Crippen molar-refractivity contribution in [3.05, 3.63) is 11.3 Å². The van der Waals surface area contributed by atoms with Gasteiger partial charge in [0.25, 0.3) is 0 Å². The molecule has 0 aromatic carbocycles. The van der Waals surface area contributed by atoms with Crippen LogP contribution >= 0.6 is 0 Å². The van der Waals surface area contributed by atoms with Gasteiger partial charge >= 0.3 is 0 Å². The minimum absolute atomic E-state index is 0.0720. The summed E-state index contributed by atoms with van der Waals surface area (Å²) in [7, 11) is 0.0720. The summed E-state index contributed by atoms with van der Waals surface area (Å²) in [6.07, 6.45) is 1.40. The Morgan fingerprint density at radius 2 is 2.33 bits per heavy atom. The highest BCUT2D eigenvalue weighted by Gasteiger charge is 2.19. The topological polar surface area (TPSA) is 15.3 Å². The molecule has 1 saturated heterocycles. The second-order valence-corrected chi connectivity index (χ2v) is 6.39. The van der Waals surface area contributed by atoms with Crippen LogP contribution < -0.4 is 5.32 Å². The van der Waals surface area contributed by atoms with Crippen molar-refractivity contribution in [2.45, 2.75) is 39.3 Å². The Morgan fingerprint density at radius 3 is 3.00 bits per heavy atom. The predicted octanol–water partition coefficient (Wildman–Crippen LogP) is 1.18. The van der Waals surface area contributed by atoms with Gasteiger partial charge in [0.05, 0.1) is 0 Å². The number of hydrogen-bond donors (Lipinski definition) is 1. The number of nitrogens with zero attached hydrogens (tertiary/aromatic N) is 1. The van der Waals surface area contributed by atoms with Gasteiger partial charge < -0.3 is 5.32 Å². The standard InChI is InChI=1S/C12H26N2Si/c1-4-14-7-6-13-9-12(14)5-8-15-10-11(2)3/h10,12-13H,4-9,15H2,1-3H3. The van der Waals surface area contributed by atoms with Gasteiger partial charge in [-0.1, -0.05) is 18.5 Å². The molecule has 0 saturated carbocycles. The van der Waals surface area contributed by atoms with Gasteiger partial charge in [0.15, 0.2) is 0 Å². The minimum atomic E-state index is 0.0720. The van der Waals surface area contributed by atoms with E-state index >= 15 is 0 Å². The molecule has 1 rings (SSSR count). The summed E-state index contributed by atoms with van der Waals surface area (Å²) in [6.45, 7) is 11.6. The molecule has 0 aromatic heterocycles. The van der Waals surface area contributed by atoms with Gasteiger partial charge in [-0.3, -0.25) is 4.90 Å². The number of rotatable bonds is 5. The van der Waals surface area contributed by atoms with E-state index < -0.39 is 0 Å². The number of piperazine rings is 1. The maximum absolute atomic E-state index is 3.51. The molecule has 88 valence electrons. The SMILES string of the molecule is CCN1CCNCC1CC[SiH2]C=C(C)C. The van der Waals surface area contributed by atoms with Crippen molar-refractivity contribution in [1.29, 1.82) is 0 Å². The third kappa shape index (κ3) is 4.95. The van der Waals surface area contributed by atoms with E-state index in [1.165, 1.54) is 44.2 Å². The first-order valence-corrected chi connectivity index (χ1v) is 8.13. The van der Waals surface area contributed by atoms with Gasteiger partial charge in [-0.15, -0.1) is 5.70 Å². The Morgan fingerprint density at radius 1 is 1.53 bits per heavy atom. The quantitative estimate of drug-likeness (QED) is 0.559. The van der Waals surface area contributed by atoms with E-state index in [-0.39, 0.29) is 9.52 Å².